The number of halogens is 1. The molecule has 0 radical (unpaired) electrons. The summed E-state index contributed by atoms with van der Waals surface area (Å²) in [4.78, 5) is 39.5. The molecule has 0 saturated carbocycles. The van der Waals surface area contributed by atoms with Crippen molar-refractivity contribution < 1.29 is 14.0 Å². The minimum atomic E-state index is -0.321. The Labute approximate surface area is 181 Å². The Balaban J connectivity index is 1.57. The largest absolute Gasteiger partial charge is 0.363 e. The number of nitrogens with zero attached hydrogens (tertiary/aromatic N) is 5. The first-order chi connectivity index (χ1) is 14.8. The molecule has 8 heteroatoms. The molecule has 0 unspecified atom stereocenters. The fraction of sp³-hybridized carbons (Fsp3) is 0.478. The van der Waals surface area contributed by atoms with E-state index in [4.69, 9.17) is 9.97 Å². The number of hydrogen-bond donors (Lipinski definition) is 0. The molecule has 1 aromatic heterocycles. The van der Waals surface area contributed by atoms with E-state index in [1.807, 2.05) is 30.0 Å². The Bertz CT molecular complexity index is 970. The van der Waals surface area contributed by atoms with Crippen LogP contribution in [0.25, 0.3) is 0 Å². The molecule has 2 aliphatic heterocycles. The lowest BCUT2D eigenvalue weighted by Crippen LogP contribution is -2.36. The molecule has 2 saturated heterocycles. The van der Waals surface area contributed by atoms with E-state index in [0.29, 0.717) is 31.7 Å². The Kier molecular flexibility index (Phi) is 5.89. The quantitative estimate of drug-likeness (QED) is 0.753. The van der Waals surface area contributed by atoms with Gasteiger partial charge in [0.05, 0.1) is 5.69 Å². The lowest BCUT2D eigenvalue weighted by Gasteiger charge is -2.31. The van der Waals surface area contributed by atoms with Crippen LogP contribution in [-0.2, 0) is 9.59 Å². The van der Waals surface area contributed by atoms with Crippen molar-refractivity contribution in [3.8, 4) is 0 Å². The number of anilines is 2. The number of carbonyl (C=O) groups excluding carboxylic acids is 2. The maximum absolute atomic E-state index is 13.3. The number of piperidine rings is 1. The number of likely N-dealkylation sites (tertiary alicyclic amines) is 1. The van der Waals surface area contributed by atoms with E-state index in [2.05, 4.69) is 0 Å². The Morgan fingerprint density at radius 1 is 1.10 bits per heavy atom. The third kappa shape index (κ3) is 4.52. The predicted octanol–water partition coefficient (Wildman–Crippen LogP) is 2.93. The summed E-state index contributed by atoms with van der Waals surface area (Å²) in [5, 5.41) is 0. The molecular weight excluding hydrogens is 397 g/mol. The van der Waals surface area contributed by atoms with Gasteiger partial charge in [-0.05, 0) is 37.1 Å². The highest BCUT2D eigenvalue weighted by atomic mass is 19.1. The minimum Gasteiger partial charge on any atom is -0.363 e. The van der Waals surface area contributed by atoms with E-state index >= 15 is 0 Å². The van der Waals surface area contributed by atoms with Gasteiger partial charge in [-0.25, -0.2) is 14.4 Å². The van der Waals surface area contributed by atoms with Gasteiger partial charge in [-0.3, -0.25) is 9.59 Å². The highest BCUT2D eigenvalue weighted by Crippen LogP contribution is 2.34. The van der Waals surface area contributed by atoms with Gasteiger partial charge < -0.3 is 14.7 Å². The summed E-state index contributed by atoms with van der Waals surface area (Å²) in [5.41, 5.74) is 1.56. The van der Waals surface area contributed by atoms with Gasteiger partial charge in [-0.1, -0.05) is 0 Å². The SMILES string of the molecule is CC(=O)N1CCC(c2nc([C@@H]3CC(=O)N(c4ccc(F)cc4)C3)cc(N(C)C)n2)CC1. The van der Waals surface area contributed by atoms with Gasteiger partial charge in [0.15, 0.2) is 0 Å². The second-order valence-electron chi connectivity index (χ2n) is 8.57. The van der Waals surface area contributed by atoms with Gasteiger partial charge in [0.1, 0.15) is 17.5 Å². The maximum atomic E-state index is 13.3. The summed E-state index contributed by atoms with van der Waals surface area (Å²) in [6.07, 6.45) is 2.03. The van der Waals surface area contributed by atoms with E-state index in [1.54, 1.807) is 24.0 Å². The van der Waals surface area contributed by atoms with Crippen LogP contribution in [0.2, 0.25) is 0 Å². The number of hydrogen-bond acceptors (Lipinski definition) is 5. The average molecular weight is 426 g/mol. The molecule has 164 valence electrons. The number of aromatic nitrogens is 2. The van der Waals surface area contributed by atoms with Crippen LogP contribution in [0.5, 0.6) is 0 Å². The van der Waals surface area contributed by atoms with Crippen LogP contribution in [0.3, 0.4) is 0 Å². The minimum absolute atomic E-state index is 0.0120. The molecule has 2 aromatic rings. The van der Waals surface area contributed by atoms with Crippen LogP contribution in [-0.4, -0.2) is 60.4 Å². The zero-order valence-electron chi connectivity index (χ0n) is 18.2. The molecule has 0 aliphatic carbocycles. The molecule has 2 fully saturated rings. The number of benzene rings is 1. The number of rotatable bonds is 4. The Morgan fingerprint density at radius 2 is 1.77 bits per heavy atom. The molecule has 1 aromatic carbocycles. The first-order valence-electron chi connectivity index (χ1n) is 10.7. The lowest BCUT2D eigenvalue weighted by atomic mass is 9.95. The third-order valence-electron chi connectivity index (χ3n) is 6.19. The molecule has 0 bridgehead atoms. The summed E-state index contributed by atoms with van der Waals surface area (Å²) in [7, 11) is 3.89. The second kappa shape index (κ2) is 8.61. The number of carbonyl (C=O) groups is 2. The molecular formula is C23H28FN5O2. The van der Waals surface area contributed by atoms with Gasteiger partial charge in [0.2, 0.25) is 11.8 Å². The van der Waals surface area contributed by atoms with Crippen LogP contribution in [0.1, 0.15) is 49.5 Å². The zero-order chi connectivity index (χ0) is 22.1. The lowest BCUT2D eigenvalue weighted by molar-refractivity contribution is -0.129. The van der Waals surface area contributed by atoms with Crippen molar-refractivity contribution in [2.24, 2.45) is 0 Å². The van der Waals surface area contributed by atoms with Crippen LogP contribution in [0.4, 0.5) is 15.9 Å². The van der Waals surface area contributed by atoms with Crippen molar-refractivity contribution in [1.82, 2.24) is 14.9 Å². The van der Waals surface area contributed by atoms with E-state index in [1.165, 1.54) is 12.1 Å². The summed E-state index contributed by atoms with van der Waals surface area (Å²) < 4.78 is 13.3. The number of amides is 2. The normalized spacial score (nSPS) is 19.7. The molecule has 2 aliphatic rings. The molecule has 7 nitrogen and oxygen atoms in total. The van der Waals surface area contributed by atoms with Crippen LogP contribution in [0.15, 0.2) is 30.3 Å². The van der Waals surface area contributed by atoms with Crippen molar-refractivity contribution in [3.05, 3.63) is 47.7 Å². The van der Waals surface area contributed by atoms with E-state index in [-0.39, 0.29) is 29.5 Å². The average Bonchev–Trinajstić information content (AvgIpc) is 3.15. The molecule has 3 heterocycles. The maximum Gasteiger partial charge on any atom is 0.227 e. The van der Waals surface area contributed by atoms with Crippen LogP contribution >= 0.6 is 0 Å². The first-order valence-corrected chi connectivity index (χ1v) is 10.7. The van der Waals surface area contributed by atoms with Crippen molar-refractivity contribution in [1.29, 1.82) is 0 Å². The van der Waals surface area contributed by atoms with Gasteiger partial charge >= 0.3 is 0 Å². The fourth-order valence-electron chi connectivity index (χ4n) is 4.32. The van der Waals surface area contributed by atoms with Gasteiger partial charge in [-0.2, -0.15) is 0 Å². The van der Waals surface area contributed by atoms with Crippen LogP contribution in [0, 0.1) is 5.82 Å². The van der Waals surface area contributed by atoms with Gasteiger partial charge in [0, 0.05) is 70.7 Å². The fourth-order valence-corrected chi connectivity index (χ4v) is 4.32. The summed E-state index contributed by atoms with van der Waals surface area (Å²) in [5.74, 6) is 1.55. The van der Waals surface area contributed by atoms with Crippen molar-refractivity contribution in [2.45, 2.75) is 38.0 Å². The van der Waals surface area contributed by atoms with Crippen LogP contribution < -0.4 is 9.80 Å². The molecule has 4 rings (SSSR count). The predicted molar refractivity (Wildman–Crippen MR) is 117 cm³/mol. The monoisotopic (exact) mass is 425 g/mol. The molecule has 0 N–H and O–H groups in total. The van der Waals surface area contributed by atoms with Crippen molar-refractivity contribution >= 4 is 23.3 Å². The van der Waals surface area contributed by atoms with Gasteiger partial charge in [-0.15, -0.1) is 0 Å². The topological polar surface area (TPSA) is 69.6 Å². The molecule has 2 amide bonds. The summed E-state index contributed by atoms with van der Waals surface area (Å²) in [6.45, 7) is 3.54. The highest BCUT2D eigenvalue weighted by Gasteiger charge is 2.34. The second-order valence-corrected chi connectivity index (χ2v) is 8.57. The summed E-state index contributed by atoms with van der Waals surface area (Å²) >= 11 is 0. The first kappa shape index (κ1) is 21.2. The Hall–Kier alpha value is -3.03. The molecule has 0 spiro atoms. The third-order valence-corrected chi connectivity index (χ3v) is 6.19. The van der Waals surface area contributed by atoms with E-state index in [0.717, 1.165) is 30.2 Å². The highest BCUT2D eigenvalue weighted by molar-refractivity contribution is 5.96. The zero-order valence-corrected chi connectivity index (χ0v) is 18.2. The smallest absolute Gasteiger partial charge is 0.227 e. The van der Waals surface area contributed by atoms with E-state index in [9.17, 15) is 14.0 Å². The van der Waals surface area contributed by atoms with Crippen molar-refractivity contribution in [3.63, 3.8) is 0 Å². The van der Waals surface area contributed by atoms with Crippen molar-refractivity contribution in [2.75, 3.05) is 43.5 Å². The standard InChI is InChI=1S/C23H28FN5O2/c1-15(30)28-10-8-16(9-11-28)23-25-20(13-21(26-23)27(2)3)17-12-22(31)29(14-17)19-6-4-18(24)5-7-19/h4-7,13,16-17H,8-12,14H2,1-3H3/t17-/m1/s1. The summed E-state index contributed by atoms with van der Waals surface area (Å²) in [6, 6.07) is 7.97. The molecule has 31 heavy (non-hydrogen) atoms. The molecule has 1 atom stereocenters. The van der Waals surface area contributed by atoms with E-state index < -0.39 is 0 Å². The van der Waals surface area contributed by atoms with Gasteiger partial charge in [0.25, 0.3) is 0 Å². The Morgan fingerprint density at radius 3 is 2.39 bits per heavy atom.